The van der Waals surface area contributed by atoms with Crippen LogP contribution in [0.2, 0.25) is 0 Å². The Morgan fingerprint density at radius 1 is 1.67 bits per heavy atom. The smallest absolute Gasteiger partial charge is 0.227 e. The molecule has 0 unspecified atom stereocenters. The van der Waals surface area contributed by atoms with Crippen molar-refractivity contribution < 1.29 is 9.59 Å². The van der Waals surface area contributed by atoms with E-state index in [2.05, 4.69) is 11.9 Å². The lowest BCUT2D eigenvalue weighted by atomic mass is 10.3. The molecular formula is C6H9NO2. The van der Waals surface area contributed by atoms with Crippen LogP contribution in [0, 0.1) is 0 Å². The highest BCUT2D eigenvalue weighted by atomic mass is 16.2. The zero-order valence-electron chi connectivity index (χ0n) is 5.31. The maximum absolute atomic E-state index is 10.4. The van der Waals surface area contributed by atoms with Crippen molar-refractivity contribution in [2.45, 2.75) is 6.42 Å². The first kappa shape index (κ1) is 7.88. The maximum Gasteiger partial charge on any atom is 0.227 e. The summed E-state index contributed by atoms with van der Waals surface area (Å²) in [4.78, 5) is 20.8. The molecule has 0 fully saturated rings. The zero-order valence-corrected chi connectivity index (χ0v) is 5.31. The van der Waals surface area contributed by atoms with Gasteiger partial charge in [0.2, 0.25) is 5.91 Å². The largest absolute Gasteiger partial charge is 0.359 e. The van der Waals surface area contributed by atoms with Crippen molar-refractivity contribution in [3.8, 4) is 0 Å². The highest BCUT2D eigenvalue weighted by Crippen LogP contribution is 1.81. The monoisotopic (exact) mass is 127 g/mol. The summed E-state index contributed by atoms with van der Waals surface area (Å²) >= 11 is 0. The Hall–Kier alpha value is -1.12. The molecule has 0 heterocycles. The average Bonchev–Trinajstić information content (AvgIpc) is 1.87. The molecule has 3 nitrogen and oxygen atoms in total. The van der Waals surface area contributed by atoms with Gasteiger partial charge in [0, 0.05) is 7.05 Å². The van der Waals surface area contributed by atoms with E-state index < -0.39 is 0 Å². The summed E-state index contributed by atoms with van der Waals surface area (Å²) in [6, 6.07) is 0. The van der Waals surface area contributed by atoms with E-state index in [0.29, 0.717) is 0 Å². The van der Waals surface area contributed by atoms with Crippen molar-refractivity contribution in [3.63, 3.8) is 0 Å². The third kappa shape index (κ3) is 3.46. The molecule has 9 heavy (non-hydrogen) atoms. The van der Waals surface area contributed by atoms with Crippen LogP contribution in [0.3, 0.4) is 0 Å². The normalized spacial score (nSPS) is 8.11. The van der Waals surface area contributed by atoms with Crippen LogP contribution in [0.25, 0.3) is 0 Å². The SMILES string of the molecule is C=CC(=O)CC(=O)NC. The van der Waals surface area contributed by atoms with Crippen molar-refractivity contribution >= 4 is 11.7 Å². The van der Waals surface area contributed by atoms with Crippen molar-refractivity contribution in [1.82, 2.24) is 5.32 Å². The summed E-state index contributed by atoms with van der Waals surface area (Å²) in [5.74, 6) is -0.533. The van der Waals surface area contributed by atoms with Crippen molar-refractivity contribution in [2.75, 3.05) is 7.05 Å². The number of allylic oxidation sites excluding steroid dienone is 1. The number of carbonyl (C=O) groups is 2. The van der Waals surface area contributed by atoms with E-state index in [0.717, 1.165) is 6.08 Å². The molecule has 1 amide bonds. The third-order valence-electron chi connectivity index (χ3n) is 0.841. The van der Waals surface area contributed by atoms with Crippen molar-refractivity contribution in [3.05, 3.63) is 12.7 Å². The van der Waals surface area contributed by atoms with E-state index in [1.165, 1.54) is 7.05 Å². The number of amides is 1. The van der Waals surface area contributed by atoms with Crippen LogP contribution in [0.1, 0.15) is 6.42 Å². The number of carbonyl (C=O) groups excluding carboxylic acids is 2. The fraction of sp³-hybridized carbons (Fsp3) is 0.333. The standard InChI is InChI=1S/C6H9NO2/c1-3-5(8)4-6(9)7-2/h3H,1,4H2,2H3,(H,7,9). The van der Waals surface area contributed by atoms with Crippen LogP contribution in [-0.4, -0.2) is 18.7 Å². The molecular weight excluding hydrogens is 118 g/mol. The van der Waals surface area contributed by atoms with Gasteiger partial charge in [-0.1, -0.05) is 6.58 Å². The second-order valence-electron chi connectivity index (χ2n) is 1.52. The molecule has 0 rings (SSSR count). The van der Waals surface area contributed by atoms with Crippen LogP contribution in [0.15, 0.2) is 12.7 Å². The lowest BCUT2D eigenvalue weighted by molar-refractivity contribution is -0.125. The van der Waals surface area contributed by atoms with Gasteiger partial charge in [-0.2, -0.15) is 0 Å². The first-order valence-corrected chi connectivity index (χ1v) is 2.56. The molecule has 0 aliphatic carbocycles. The second kappa shape index (κ2) is 3.83. The van der Waals surface area contributed by atoms with Gasteiger partial charge in [0.05, 0.1) is 6.42 Å². The fourth-order valence-electron chi connectivity index (χ4n) is 0.319. The summed E-state index contributed by atoms with van der Waals surface area (Å²) in [7, 11) is 1.48. The molecule has 0 aromatic carbocycles. The van der Waals surface area contributed by atoms with E-state index >= 15 is 0 Å². The minimum atomic E-state index is -0.278. The van der Waals surface area contributed by atoms with Gasteiger partial charge in [-0.3, -0.25) is 9.59 Å². The quantitative estimate of drug-likeness (QED) is 0.424. The Kier molecular flexibility index (Phi) is 3.35. The molecule has 0 aromatic heterocycles. The van der Waals surface area contributed by atoms with Gasteiger partial charge in [-0.25, -0.2) is 0 Å². The number of hydrogen-bond donors (Lipinski definition) is 1. The summed E-state index contributed by atoms with van der Waals surface area (Å²) in [5, 5.41) is 2.32. The number of ketones is 1. The maximum atomic E-state index is 10.4. The number of nitrogens with one attached hydrogen (secondary N) is 1. The molecule has 0 saturated carbocycles. The second-order valence-corrected chi connectivity index (χ2v) is 1.52. The van der Waals surface area contributed by atoms with Crippen molar-refractivity contribution in [1.29, 1.82) is 0 Å². The number of hydrogen-bond acceptors (Lipinski definition) is 2. The van der Waals surface area contributed by atoms with E-state index in [4.69, 9.17) is 0 Å². The molecule has 0 radical (unpaired) electrons. The molecule has 3 heteroatoms. The van der Waals surface area contributed by atoms with Crippen LogP contribution >= 0.6 is 0 Å². The molecule has 0 atom stereocenters. The molecule has 50 valence electrons. The van der Waals surface area contributed by atoms with Gasteiger partial charge < -0.3 is 5.32 Å². The summed E-state index contributed by atoms with van der Waals surface area (Å²) in [5.41, 5.74) is 0. The fourth-order valence-corrected chi connectivity index (χ4v) is 0.319. The molecule has 0 aromatic rings. The van der Waals surface area contributed by atoms with Crippen LogP contribution in [0.4, 0.5) is 0 Å². The highest BCUT2D eigenvalue weighted by molar-refractivity contribution is 6.03. The molecule has 1 N–H and O–H groups in total. The summed E-state index contributed by atoms with van der Waals surface area (Å²) < 4.78 is 0. The lowest BCUT2D eigenvalue weighted by Gasteiger charge is -1.92. The van der Waals surface area contributed by atoms with E-state index in [9.17, 15) is 9.59 Å². The Morgan fingerprint density at radius 2 is 2.22 bits per heavy atom. The van der Waals surface area contributed by atoms with Crippen LogP contribution in [-0.2, 0) is 9.59 Å². The lowest BCUT2D eigenvalue weighted by Crippen LogP contribution is -2.20. The van der Waals surface area contributed by atoms with Gasteiger partial charge in [0.1, 0.15) is 0 Å². The topological polar surface area (TPSA) is 46.2 Å². The van der Waals surface area contributed by atoms with E-state index in [-0.39, 0.29) is 18.1 Å². The predicted octanol–water partition coefficient (Wildman–Crippen LogP) is -0.122. The third-order valence-corrected chi connectivity index (χ3v) is 0.841. The van der Waals surface area contributed by atoms with Gasteiger partial charge >= 0.3 is 0 Å². The number of rotatable bonds is 3. The van der Waals surface area contributed by atoms with E-state index in [1.54, 1.807) is 0 Å². The van der Waals surface area contributed by atoms with E-state index in [1.807, 2.05) is 0 Å². The summed E-state index contributed by atoms with van der Waals surface area (Å²) in [6.07, 6.45) is 1.04. The highest BCUT2D eigenvalue weighted by Gasteiger charge is 2.01. The molecule has 0 spiro atoms. The molecule has 0 aliphatic rings. The Labute approximate surface area is 53.7 Å². The van der Waals surface area contributed by atoms with Gasteiger partial charge in [0.25, 0.3) is 0 Å². The molecule has 0 bridgehead atoms. The Balaban J connectivity index is 3.59. The average molecular weight is 127 g/mol. The minimum absolute atomic E-state index is 0.0972. The summed E-state index contributed by atoms with van der Waals surface area (Å²) in [6.45, 7) is 3.22. The van der Waals surface area contributed by atoms with Gasteiger partial charge in [-0.15, -0.1) is 0 Å². The Bertz CT molecular complexity index is 140. The molecule has 0 aliphatic heterocycles. The zero-order chi connectivity index (χ0) is 7.28. The van der Waals surface area contributed by atoms with Gasteiger partial charge in [-0.05, 0) is 6.08 Å². The van der Waals surface area contributed by atoms with Crippen LogP contribution < -0.4 is 5.32 Å². The minimum Gasteiger partial charge on any atom is -0.359 e. The predicted molar refractivity (Wildman–Crippen MR) is 33.9 cm³/mol. The molecule has 0 saturated heterocycles. The first-order valence-electron chi connectivity index (χ1n) is 2.56. The van der Waals surface area contributed by atoms with Gasteiger partial charge in [0.15, 0.2) is 5.78 Å². The Morgan fingerprint density at radius 3 is 2.56 bits per heavy atom. The van der Waals surface area contributed by atoms with Crippen molar-refractivity contribution in [2.24, 2.45) is 0 Å². The van der Waals surface area contributed by atoms with Crippen LogP contribution in [0.5, 0.6) is 0 Å². The first-order chi connectivity index (χ1) is 4.20.